The van der Waals surface area contributed by atoms with Crippen LogP contribution < -0.4 is 11.5 Å². The second-order valence-corrected chi connectivity index (χ2v) is 7.58. The third-order valence-electron chi connectivity index (χ3n) is 5.43. The Morgan fingerprint density at radius 3 is 2.80 bits per heavy atom. The summed E-state index contributed by atoms with van der Waals surface area (Å²) in [6, 6.07) is 10.2. The maximum absolute atomic E-state index is 10.9. The fourth-order valence-electron chi connectivity index (χ4n) is 3.60. The van der Waals surface area contributed by atoms with Gasteiger partial charge in [-0.25, -0.2) is 9.97 Å². The van der Waals surface area contributed by atoms with Crippen molar-refractivity contribution in [2.45, 2.75) is 39.0 Å². The van der Waals surface area contributed by atoms with Gasteiger partial charge in [0, 0.05) is 29.6 Å². The van der Waals surface area contributed by atoms with Gasteiger partial charge in [-0.15, -0.1) is 0 Å². The van der Waals surface area contributed by atoms with Gasteiger partial charge in [-0.05, 0) is 31.4 Å². The quantitative estimate of drug-likeness (QED) is 0.213. The minimum Gasteiger partial charge on any atom is -0.493 e. The van der Waals surface area contributed by atoms with Crippen LogP contribution in [0.25, 0.3) is 27.9 Å². The number of nitrogens with two attached hydrogens (primary N) is 2. The Morgan fingerprint density at radius 1 is 1.27 bits per heavy atom. The second-order valence-electron chi connectivity index (χ2n) is 7.58. The Morgan fingerprint density at radius 2 is 2.07 bits per heavy atom. The van der Waals surface area contributed by atoms with Crippen LogP contribution >= 0.6 is 0 Å². The molecular weight excluding hydrogens is 378 g/mol. The highest BCUT2D eigenvalue weighted by atomic mass is 16.3. The molecule has 0 bridgehead atoms. The zero-order valence-electron chi connectivity index (χ0n) is 17.3. The van der Waals surface area contributed by atoms with Gasteiger partial charge in [0.2, 0.25) is 5.88 Å². The Kier molecular flexibility index (Phi) is 5.31. The van der Waals surface area contributed by atoms with Gasteiger partial charge in [-0.2, -0.15) is 0 Å². The fourth-order valence-corrected chi connectivity index (χ4v) is 3.60. The van der Waals surface area contributed by atoms with Crippen LogP contribution in [0.5, 0.6) is 5.88 Å². The Hall–Kier alpha value is -3.55. The number of hydrogen-bond donors (Lipinski definition) is 4. The molecule has 0 saturated heterocycles. The molecule has 6 N–H and O–H groups in total. The number of benzene rings is 1. The molecule has 8 heteroatoms. The van der Waals surface area contributed by atoms with Crippen LogP contribution in [-0.4, -0.2) is 37.0 Å². The minimum atomic E-state index is 0.0810. The van der Waals surface area contributed by atoms with Crippen LogP contribution in [0.4, 0.5) is 0 Å². The highest BCUT2D eigenvalue weighted by molar-refractivity contribution is 5.85. The van der Waals surface area contributed by atoms with Gasteiger partial charge in [0.1, 0.15) is 11.4 Å². The highest BCUT2D eigenvalue weighted by Crippen LogP contribution is 2.32. The van der Waals surface area contributed by atoms with Gasteiger partial charge in [-0.3, -0.25) is 9.39 Å². The fraction of sp³-hybridized carbons (Fsp3) is 0.318. The van der Waals surface area contributed by atoms with Crippen molar-refractivity contribution in [2.75, 3.05) is 6.54 Å². The van der Waals surface area contributed by atoms with E-state index in [0.717, 1.165) is 40.8 Å². The van der Waals surface area contributed by atoms with E-state index in [1.807, 2.05) is 24.4 Å². The Labute approximate surface area is 174 Å². The average Bonchev–Trinajstić information content (AvgIpc) is 3.32. The van der Waals surface area contributed by atoms with Gasteiger partial charge in [0.05, 0.1) is 11.4 Å². The average molecular weight is 406 g/mol. The van der Waals surface area contributed by atoms with Gasteiger partial charge < -0.3 is 21.6 Å². The molecule has 156 valence electrons. The number of hydrogen-bond acceptors (Lipinski definition) is 4. The normalized spacial score (nSPS) is 12.5. The maximum atomic E-state index is 10.9. The molecule has 0 unspecified atom stereocenters. The first kappa shape index (κ1) is 19.8. The number of para-hydroxylation sites is 1. The lowest BCUT2D eigenvalue weighted by Gasteiger charge is -2.07. The van der Waals surface area contributed by atoms with E-state index in [1.54, 1.807) is 4.40 Å². The molecule has 3 heterocycles. The van der Waals surface area contributed by atoms with Gasteiger partial charge in [-0.1, -0.05) is 32.0 Å². The number of aliphatic imine (C=N–C) groups is 1. The zero-order valence-corrected chi connectivity index (χ0v) is 17.3. The molecule has 1 aromatic carbocycles. The van der Waals surface area contributed by atoms with Crippen molar-refractivity contribution in [1.29, 1.82) is 0 Å². The predicted octanol–water partition coefficient (Wildman–Crippen LogP) is 3.30. The van der Waals surface area contributed by atoms with Gasteiger partial charge >= 0.3 is 0 Å². The van der Waals surface area contributed by atoms with E-state index in [1.165, 1.54) is 0 Å². The molecule has 0 aliphatic carbocycles. The molecule has 3 aromatic heterocycles. The zero-order chi connectivity index (χ0) is 21.3. The lowest BCUT2D eigenvalue weighted by Crippen LogP contribution is -2.23. The van der Waals surface area contributed by atoms with Gasteiger partial charge in [0.25, 0.3) is 0 Å². The maximum Gasteiger partial charge on any atom is 0.219 e. The standard InChI is InChI=1S/C22H27N7O/c1-3-13(2)19-21(30)29-12-18(17-11-14-7-4-5-8-15(14)26-17)27-16(20(29)28-19)9-6-10-25-22(23)24/h4-5,7-8,11-13,26,30H,3,6,9-10H2,1-2H3,(H4,23,24,25)/t13-/m0/s1. The SMILES string of the molecule is CC[C@H](C)c1nc2c(CCCN=C(N)N)nc(-c3cc4ccccc4[nH]3)cn2c1O. The summed E-state index contributed by atoms with van der Waals surface area (Å²) in [6.07, 6.45) is 4.10. The summed E-state index contributed by atoms with van der Waals surface area (Å²) in [6.45, 7) is 4.65. The smallest absolute Gasteiger partial charge is 0.219 e. The molecule has 30 heavy (non-hydrogen) atoms. The predicted molar refractivity (Wildman–Crippen MR) is 120 cm³/mol. The lowest BCUT2D eigenvalue weighted by molar-refractivity contribution is 0.435. The minimum absolute atomic E-state index is 0.0810. The Balaban J connectivity index is 1.82. The number of guanidine groups is 1. The van der Waals surface area contributed by atoms with E-state index in [4.69, 9.17) is 21.4 Å². The second kappa shape index (κ2) is 8.06. The molecule has 0 aliphatic rings. The molecule has 0 radical (unpaired) electrons. The van der Waals surface area contributed by atoms with Crippen molar-refractivity contribution in [1.82, 2.24) is 19.4 Å². The van der Waals surface area contributed by atoms with Crippen molar-refractivity contribution in [3.05, 3.63) is 47.9 Å². The molecule has 4 aromatic rings. The summed E-state index contributed by atoms with van der Waals surface area (Å²) < 4.78 is 1.74. The molecule has 4 rings (SSSR count). The molecular formula is C22H27N7O. The number of nitrogens with one attached hydrogen (secondary N) is 1. The van der Waals surface area contributed by atoms with E-state index in [2.05, 4.69) is 36.0 Å². The van der Waals surface area contributed by atoms with Crippen LogP contribution in [-0.2, 0) is 6.42 Å². The molecule has 0 saturated carbocycles. The molecule has 8 nitrogen and oxygen atoms in total. The first-order valence-corrected chi connectivity index (χ1v) is 10.2. The van der Waals surface area contributed by atoms with Crippen molar-refractivity contribution in [3.63, 3.8) is 0 Å². The van der Waals surface area contributed by atoms with Crippen LogP contribution in [0, 0.1) is 0 Å². The van der Waals surface area contributed by atoms with Gasteiger partial charge in [0.15, 0.2) is 11.6 Å². The van der Waals surface area contributed by atoms with Crippen LogP contribution in [0.2, 0.25) is 0 Å². The van der Waals surface area contributed by atoms with E-state index in [9.17, 15) is 5.11 Å². The molecule has 1 atom stereocenters. The number of aryl methyl sites for hydroxylation is 1. The third-order valence-corrected chi connectivity index (χ3v) is 5.43. The number of nitrogens with zero attached hydrogens (tertiary/aromatic N) is 4. The summed E-state index contributed by atoms with van der Waals surface area (Å²) in [5.74, 6) is 0.401. The summed E-state index contributed by atoms with van der Waals surface area (Å²) in [7, 11) is 0. The summed E-state index contributed by atoms with van der Waals surface area (Å²) in [4.78, 5) is 17.1. The number of fused-ring (bicyclic) bond motifs is 2. The van der Waals surface area contributed by atoms with Crippen LogP contribution in [0.3, 0.4) is 0 Å². The van der Waals surface area contributed by atoms with E-state index < -0.39 is 0 Å². The first-order valence-electron chi connectivity index (χ1n) is 10.2. The highest BCUT2D eigenvalue weighted by Gasteiger charge is 2.20. The third kappa shape index (κ3) is 3.68. The van der Waals surface area contributed by atoms with Crippen LogP contribution in [0.15, 0.2) is 41.5 Å². The topological polar surface area (TPSA) is 131 Å². The van der Waals surface area contributed by atoms with Crippen molar-refractivity contribution < 1.29 is 5.11 Å². The molecule has 0 spiro atoms. The summed E-state index contributed by atoms with van der Waals surface area (Å²) >= 11 is 0. The number of rotatable bonds is 7. The molecule has 0 amide bonds. The first-order chi connectivity index (χ1) is 14.5. The number of aromatic hydroxyl groups is 1. The Bertz CT molecular complexity index is 1180. The van der Waals surface area contributed by atoms with E-state index in [-0.39, 0.29) is 17.8 Å². The lowest BCUT2D eigenvalue weighted by atomic mass is 10.1. The van der Waals surface area contributed by atoms with Crippen molar-refractivity contribution in [3.8, 4) is 17.3 Å². The van der Waals surface area contributed by atoms with Crippen molar-refractivity contribution >= 4 is 22.5 Å². The number of H-pyrrole nitrogens is 1. The molecule has 0 aliphatic heterocycles. The molecule has 0 fully saturated rings. The largest absolute Gasteiger partial charge is 0.493 e. The summed E-state index contributed by atoms with van der Waals surface area (Å²) in [5, 5.41) is 12.0. The van der Waals surface area contributed by atoms with Crippen molar-refractivity contribution in [2.24, 2.45) is 16.5 Å². The van der Waals surface area contributed by atoms with E-state index >= 15 is 0 Å². The monoisotopic (exact) mass is 405 g/mol. The van der Waals surface area contributed by atoms with E-state index in [0.29, 0.717) is 24.3 Å². The summed E-state index contributed by atoms with van der Waals surface area (Å²) in [5.41, 5.74) is 15.7. The van der Waals surface area contributed by atoms with Crippen LogP contribution in [0.1, 0.15) is 44.0 Å². The number of aromatic nitrogens is 4. The number of aromatic amines is 1. The number of imidazole rings is 1.